The lowest BCUT2D eigenvalue weighted by Gasteiger charge is -2.29. The Bertz CT molecular complexity index is 562. The summed E-state index contributed by atoms with van der Waals surface area (Å²) in [5.74, 6) is 0.104. The van der Waals surface area contributed by atoms with Crippen LogP contribution in [0, 0.1) is 11.3 Å². The van der Waals surface area contributed by atoms with Gasteiger partial charge < -0.3 is 4.74 Å². The number of esters is 1. The molecule has 1 fully saturated rings. The molecule has 21 heavy (non-hydrogen) atoms. The fourth-order valence-corrected chi connectivity index (χ4v) is 2.43. The Morgan fingerprint density at radius 2 is 1.86 bits per heavy atom. The molecule has 0 bridgehead atoms. The molecule has 2 aliphatic carbocycles. The number of carbonyl (C=O) groups excluding carboxylic acids is 1. The van der Waals surface area contributed by atoms with E-state index in [1.54, 1.807) is 0 Å². The third-order valence-electron chi connectivity index (χ3n) is 4.89. The van der Waals surface area contributed by atoms with Gasteiger partial charge in [0.05, 0.1) is 5.41 Å². The predicted molar refractivity (Wildman–Crippen MR) is 84.8 cm³/mol. The summed E-state index contributed by atoms with van der Waals surface area (Å²) in [6, 6.07) is 0. The van der Waals surface area contributed by atoms with Crippen molar-refractivity contribution in [2.75, 3.05) is 0 Å². The van der Waals surface area contributed by atoms with Crippen molar-refractivity contribution in [2.24, 2.45) is 11.3 Å². The molecule has 0 aromatic heterocycles. The number of hydrogen-bond donors (Lipinski definition) is 0. The maximum Gasteiger partial charge on any atom is 0.312 e. The third kappa shape index (κ3) is 3.40. The van der Waals surface area contributed by atoms with Crippen molar-refractivity contribution in [3.05, 3.63) is 34.3 Å². The van der Waals surface area contributed by atoms with Crippen LogP contribution in [0.5, 0.6) is 0 Å². The van der Waals surface area contributed by atoms with E-state index in [2.05, 4.69) is 17.5 Å². The Morgan fingerprint density at radius 3 is 2.52 bits per heavy atom. The van der Waals surface area contributed by atoms with Gasteiger partial charge in [0.15, 0.2) is 0 Å². The lowest BCUT2D eigenvalue weighted by molar-refractivity contribution is -0.159. The van der Waals surface area contributed by atoms with Gasteiger partial charge in [-0.1, -0.05) is 25.3 Å². The van der Waals surface area contributed by atoms with Gasteiger partial charge in [-0.15, -0.1) is 0 Å². The minimum absolute atomic E-state index is 0.142. The Kier molecular flexibility index (Phi) is 4.61. The molecule has 1 saturated carbocycles. The lowest BCUT2D eigenvalue weighted by Crippen LogP contribution is -2.34. The van der Waals surface area contributed by atoms with Crippen molar-refractivity contribution >= 4 is 5.97 Å². The van der Waals surface area contributed by atoms with Crippen molar-refractivity contribution in [2.45, 2.75) is 66.4 Å². The normalized spacial score (nSPS) is 19.4. The number of fused-ring (bicyclic) bond motifs is 1. The summed E-state index contributed by atoms with van der Waals surface area (Å²) in [4.78, 5) is 12.3. The second-order valence-electron chi connectivity index (χ2n) is 6.98. The number of allylic oxidation sites excluding steroid dienone is 2. The smallest absolute Gasteiger partial charge is 0.312 e. The number of carbonyl (C=O) groups is 1. The molecule has 114 valence electrons. The molecule has 0 radical (unpaired) electrons. The van der Waals surface area contributed by atoms with Crippen LogP contribution in [-0.4, -0.2) is 12.1 Å². The minimum Gasteiger partial charge on any atom is -0.457 e. The van der Waals surface area contributed by atoms with E-state index in [1.165, 1.54) is 24.0 Å². The van der Waals surface area contributed by atoms with E-state index < -0.39 is 5.41 Å². The summed E-state index contributed by atoms with van der Waals surface area (Å²) in [5, 5.41) is 0. The van der Waals surface area contributed by atoms with Crippen molar-refractivity contribution in [1.29, 1.82) is 0 Å². The van der Waals surface area contributed by atoms with Crippen LogP contribution in [0.15, 0.2) is 34.3 Å². The van der Waals surface area contributed by atoms with Gasteiger partial charge in [0.2, 0.25) is 0 Å². The molecule has 1 unspecified atom stereocenters. The van der Waals surface area contributed by atoms with Gasteiger partial charge in [0.1, 0.15) is 6.10 Å². The van der Waals surface area contributed by atoms with Gasteiger partial charge in [0.25, 0.3) is 0 Å². The monoisotopic (exact) mass is 286 g/mol. The zero-order chi connectivity index (χ0) is 15.6. The third-order valence-corrected chi connectivity index (χ3v) is 4.89. The summed E-state index contributed by atoms with van der Waals surface area (Å²) in [7, 11) is 0. The first-order valence-electron chi connectivity index (χ1n) is 7.99. The van der Waals surface area contributed by atoms with E-state index in [0.29, 0.717) is 0 Å². The van der Waals surface area contributed by atoms with Gasteiger partial charge in [-0.3, -0.25) is 4.79 Å². The van der Waals surface area contributed by atoms with E-state index in [0.717, 1.165) is 18.4 Å². The van der Waals surface area contributed by atoms with Crippen molar-refractivity contribution < 1.29 is 9.53 Å². The molecule has 0 aliphatic heterocycles. The maximum absolute atomic E-state index is 12.3. The summed E-state index contributed by atoms with van der Waals surface area (Å²) >= 11 is 0. The fraction of sp³-hybridized carbons (Fsp3) is 0.632. The van der Waals surface area contributed by atoms with Gasteiger partial charge in [-0.25, -0.2) is 0 Å². The van der Waals surface area contributed by atoms with Crippen LogP contribution in [0.25, 0.3) is 0 Å². The summed E-state index contributed by atoms with van der Waals surface area (Å²) in [5.41, 5.74) is 9.54. The highest BCUT2D eigenvalue weighted by Crippen LogP contribution is 2.32. The first-order valence-corrected chi connectivity index (χ1v) is 7.99. The zero-order valence-corrected chi connectivity index (χ0v) is 13.9. The van der Waals surface area contributed by atoms with Crippen LogP contribution < -0.4 is 0 Å². The van der Waals surface area contributed by atoms with Crippen LogP contribution in [0.3, 0.4) is 0 Å². The van der Waals surface area contributed by atoms with E-state index in [9.17, 15) is 4.79 Å². The molecular weight excluding hydrogens is 260 g/mol. The summed E-state index contributed by atoms with van der Waals surface area (Å²) in [6.07, 6.45) is 6.55. The Morgan fingerprint density at radius 1 is 1.19 bits per heavy atom. The Hall–Kier alpha value is -1.49. The van der Waals surface area contributed by atoms with E-state index in [-0.39, 0.29) is 18.0 Å². The molecular formula is C19H26O2. The molecule has 1 atom stereocenters. The van der Waals surface area contributed by atoms with Crippen LogP contribution in [0.4, 0.5) is 0 Å². The number of rotatable bonds is 4. The van der Waals surface area contributed by atoms with E-state index in [1.807, 2.05) is 34.6 Å². The Labute approximate surface area is 128 Å². The van der Waals surface area contributed by atoms with E-state index >= 15 is 0 Å². The molecule has 2 heteroatoms. The molecule has 2 nitrogen and oxygen atoms in total. The topological polar surface area (TPSA) is 26.3 Å². The average molecular weight is 286 g/mol. The van der Waals surface area contributed by atoms with Crippen LogP contribution in [0.2, 0.25) is 0 Å². The quantitative estimate of drug-likeness (QED) is 0.552. The maximum atomic E-state index is 12.3. The molecule has 0 heterocycles. The van der Waals surface area contributed by atoms with Crippen LogP contribution in [0.1, 0.15) is 60.3 Å². The fourth-order valence-electron chi connectivity index (χ4n) is 2.43. The standard InChI is InChI=1S/C19H26O2/c1-13(2)19(4,5)18(20)21-14(3)16-11-10-15-8-6-7-9-17(15)12-16/h12-14H,6-9H2,1-5H3. The summed E-state index contributed by atoms with van der Waals surface area (Å²) in [6.45, 7) is 9.89. The van der Waals surface area contributed by atoms with Crippen LogP contribution in [-0.2, 0) is 9.53 Å². The van der Waals surface area contributed by atoms with Gasteiger partial charge in [-0.05, 0) is 64.0 Å². The highest BCUT2D eigenvalue weighted by molar-refractivity contribution is 5.76. The predicted octanol–water partition coefficient (Wildman–Crippen LogP) is 4.72. The molecule has 0 aromatic carbocycles. The first kappa shape index (κ1) is 15.9. The largest absolute Gasteiger partial charge is 0.457 e. The highest BCUT2D eigenvalue weighted by atomic mass is 16.5. The van der Waals surface area contributed by atoms with Crippen molar-refractivity contribution in [3.8, 4) is 0 Å². The molecule has 2 aliphatic rings. The molecule has 0 amide bonds. The highest BCUT2D eigenvalue weighted by Gasteiger charge is 2.34. The van der Waals surface area contributed by atoms with Crippen molar-refractivity contribution in [1.82, 2.24) is 0 Å². The van der Waals surface area contributed by atoms with Crippen molar-refractivity contribution in [3.63, 3.8) is 0 Å². The molecule has 0 saturated heterocycles. The molecule has 0 aromatic rings. The van der Waals surface area contributed by atoms with Gasteiger partial charge in [0, 0.05) is 11.1 Å². The second kappa shape index (κ2) is 6.10. The number of ether oxygens (including phenoxy) is 1. The summed E-state index contributed by atoms with van der Waals surface area (Å²) < 4.78 is 5.66. The number of hydrogen-bond acceptors (Lipinski definition) is 2. The SMILES string of the molecule is CC(OC(=O)C(C)(C)C(C)C)C1=C=C=C2CCCCC2=C1. The zero-order valence-electron chi connectivity index (χ0n) is 13.9. The van der Waals surface area contributed by atoms with Gasteiger partial charge in [-0.2, -0.15) is 0 Å². The van der Waals surface area contributed by atoms with Gasteiger partial charge >= 0.3 is 5.97 Å². The second-order valence-corrected chi connectivity index (χ2v) is 6.98. The van der Waals surface area contributed by atoms with Crippen LogP contribution >= 0.6 is 0 Å². The van der Waals surface area contributed by atoms with E-state index in [4.69, 9.17) is 4.74 Å². The molecule has 0 N–H and O–H groups in total. The Balaban J connectivity index is 2.13. The average Bonchev–Trinajstić information content (AvgIpc) is 2.46. The minimum atomic E-state index is -0.466. The molecule has 0 spiro atoms. The molecule has 2 rings (SSSR count). The first-order chi connectivity index (χ1) is 9.82. The lowest BCUT2D eigenvalue weighted by atomic mass is 9.81.